The van der Waals surface area contributed by atoms with Crippen LogP contribution in [0.4, 0.5) is 0 Å². The Hall–Kier alpha value is -0.610. The Morgan fingerprint density at radius 1 is 1.43 bits per heavy atom. The van der Waals surface area contributed by atoms with Crippen LogP contribution in [0.15, 0.2) is 0 Å². The molecule has 3 N–H and O–H groups in total. The van der Waals surface area contributed by atoms with E-state index in [2.05, 4.69) is 16.0 Å². The highest BCUT2D eigenvalue weighted by Gasteiger charge is 2.10. The van der Waals surface area contributed by atoms with Crippen LogP contribution in [0.1, 0.15) is 26.2 Å². The van der Waals surface area contributed by atoms with Gasteiger partial charge >= 0.3 is 0 Å². The molecule has 82 valence electrons. The van der Waals surface area contributed by atoms with Crippen molar-refractivity contribution in [3.63, 3.8) is 0 Å². The van der Waals surface area contributed by atoms with E-state index in [1.807, 2.05) is 0 Å². The van der Waals surface area contributed by atoms with Gasteiger partial charge in [-0.15, -0.1) is 0 Å². The third-order valence-corrected chi connectivity index (χ3v) is 2.48. The Balaban J connectivity index is 1.90. The van der Waals surface area contributed by atoms with Crippen molar-refractivity contribution < 1.29 is 4.79 Å². The van der Waals surface area contributed by atoms with Gasteiger partial charge in [0.1, 0.15) is 0 Å². The number of carbonyl (C=O) groups excluding carboxylic acids is 1. The first-order valence-electron chi connectivity index (χ1n) is 5.47. The summed E-state index contributed by atoms with van der Waals surface area (Å²) in [6.45, 7) is 5.29. The minimum atomic E-state index is 0.0441. The van der Waals surface area contributed by atoms with Gasteiger partial charge in [0.15, 0.2) is 0 Å². The summed E-state index contributed by atoms with van der Waals surface area (Å²) in [4.78, 5) is 10.6. The molecule has 4 heteroatoms. The van der Waals surface area contributed by atoms with E-state index in [-0.39, 0.29) is 5.91 Å². The number of piperidine rings is 1. The molecule has 4 nitrogen and oxygen atoms in total. The fourth-order valence-corrected chi connectivity index (χ4v) is 1.70. The molecule has 0 aromatic carbocycles. The minimum Gasteiger partial charge on any atom is -0.355 e. The van der Waals surface area contributed by atoms with E-state index in [1.165, 1.54) is 19.3 Å². The van der Waals surface area contributed by atoms with E-state index < -0.39 is 0 Å². The maximum absolute atomic E-state index is 10.6. The lowest BCUT2D eigenvalue weighted by atomic mass is 10.1. The summed E-state index contributed by atoms with van der Waals surface area (Å²) in [5.74, 6) is 0.0441. The predicted molar refractivity (Wildman–Crippen MR) is 57.2 cm³/mol. The van der Waals surface area contributed by atoms with E-state index in [4.69, 9.17) is 0 Å². The van der Waals surface area contributed by atoms with Crippen molar-refractivity contribution in [2.24, 2.45) is 0 Å². The molecular weight excluding hydrogens is 178 g/mol. The number of rotatable bonds is 5. The second kappa shape index (κ2) is 6.79. The lowest BCUT2D eigenvalue weighted by Gasteiger charge is -2.23. The molecule has 1 atom stereocenters. The fourth-order valence-electron chi connectivity index (χ4n) is 1.70. The molecule has 1 aliphatic heterocycles. The summed E-state index contributed by atoms with van der Waals surface area (Å²) in [5.41, 5.74) is 0. The molecular formula is C10H21N3O. The summed E-state index contributed by atoms with van der Waals surface area (Å²) >= 11 is 0. The fraction of sp³-hybridized carbons (Fsp3) is 0.900. The SMILES string of the molecule is CC(=O)NCCNCC1CCCCN1. The Morgan fingerprint density at radius 2 is 2.29 bits per heavy atom. The van der Waals surface area contributed by atoms with Gasteiger partial charge in [-0.25, -0.2) is 0 Å². The summed E-state index contributed by atoms with van der Waals surface area (Å²) in [6, 6.07) is 0.626. The highest BCUT2D eigenvalue weighted by Crippen LogP contribution is 2.05. The van der Waals surface area contributed by atoms with E-state index in [9.17, 15) is 4.79 Å². The smallest absolute Gasteiger partial charge is 0.216 e. The normalized spacial score (nSPS) is 21.9. The molecule has 1 heterocycles. The number of carbonyl (C=O) groups is 1. The third kappa shape index (κ3) is 5.19. The maximum Gasteiger partial charge on any atom is 0.216 e. The summed E-state index contributed by atoms with van der Waals surface area (Å²) in [5, 5.41) is 9.56. The summed E-state index contributed by atoms with van der Waals surface area (Å²) < 4.78 is 0. The predicted octanol–water partition coefficient (Wildman–Crippen LogP) is -0.146. The van der Waals surface area contributed by atoms with Crippen LogP contribution in [0.3, 0.4) is 0 Å². The molecule has 0 aliphatic carbocycles. The maximum atomic E-state index is 10.6. The summed E-state index contributed by atoms with van der Waals surface area (Å²) in [7, 11) is 0. The lowest BCUT2D eigenvalue weighted by molar-refractivity contribution is -0.118. The van der Waals surface area contributed by atoms with Gasteiger partial charge in [-0.2, -0.15) is 0 Å². The average molecular weight is 199 g/mol. The number of nitrogens with one attached hydrogen (secondary N) is 3. The molecule has 0 radical (unpaired) electrons. The summed E-state index contributed by atoms with van der Waals surface area (Å²) in [6.07, 6.45) is 3.92. The van der Waals surface area contributed by atoms with Gasteiger partial charge in [0, 0.05) is 32.6 Å². The van der Waals surface area contributed by atoms with Gasteiger partial charge < -0.3 is 16.0 Å². The van der Waals surface area contributed by atoms with Crippen molar-refractivity contribution in [2.75, 3.05) is 26.2 Å². The molecule has 0 aromatic rings. The Bertz CT molecular complexity index is 167. The van der Waals surface area contributed by atoms with Gasteiger partial charge in [-0.05, 0) is 19.4 Å². The molecule has 1 fully saturated rings. The van der Waals surface area contributed by atoms with Crippen molar-refractivity contribution in [3.05, 3.63) is 0 Å². The van der Waals surface area contributed by atoms with E-state index in [1.54, 1.807) is 6.92 Å². The molecule has 1 rings (SSSR count). The van der Waals surface area contributed by atoms with Crippen molar-refractivity contribution >= 4 is 5.91 Å². The lowest BCUT2D eigenvalue weighted by Crippen LogP contribution is -2.43. The Kier molecular flexibility index (Phi) is 5.56. The van der Waals surface area contributed by atoms with Crippen molar-refractivity contribution in [3.8, 4) is 0 Å². The quantitative estimate of drug-likeness (QED) is 0.540. The minimum absolute atomic E-state index is 0.0441. The van der Waals surface area contributed by atoms with Gasteiger partial charge in [0.25, 0.3) is 0 Å². The van der Waals surface area contributed by atoms with Crippen LogP contribution in [0, 0.1) is 0 Å². The molecule has 0 spiro atoms. The molecule has 0 aromatic heterocycles. The second-order valence-corrected chi connectivity index (χ2v) is 3.83. The van der Waals surface area contributed by atoms with Gasteiger partial charge in [-0.1, -0.05) is 6.42 Å². The van der Waals surface area contributed by atoms with E-state index >= 15 is 0 Å². The van der Waals surface area contributed by atoms with Crippen molar-refractivity contribution in [2.45, 2.75) is 32.2 Å². The van der Waals surface area contributed by atoms with E-state index in [0.717, 1.165) is 26.2 Å². The largest absolute Gasteiger partial charge is 0.355 e. The Labute approximate surface area is 85.8 Å². The number of amides is 1. The third-order valence-electron chi connectivity index (χ3n) is 2.48. The molecule has 0 bridgehead atoms. The van der Waals surface area contributed by atoms with Crippen LogP contribution in [0.2, 0.25) is 0 Å². The zero-order chi connectivity index (χ0) is 10.2. The Morgan fingerprint density at radius 3 is 2.93 bits per heavy atom. The highest BCUT2D eigenvalue weighted by molar-refractivity contribution is 5.72. The van der Waals surface area contributed by atoms with Crippen LogP contribution < -0.4 is 16.0 Å². The van der Waals surface area contributed by atoms with Crippen LogP contribution in [-0.2, 0) is 4.79 Å². The first kappa shape index (κ1) is 11.5. The molecule has 1 unspecified atom stereocenters. The van der Waals surface area contributed by atoms with E-state index in [0.29, 0.717) is 6.04 Å². The van der Waals surface area contributed by atoms with Crippen LogP contribution in [-0.4, -0.2) is 38.1 Å². The van der Waals surface area contributed by atoms with Crippen molar-refractivity contribution in [1.29, 1.82) is 0 Å². The zero-order valence-electron chi connectivity index (χ0n) is 8.94. The van der Waals surface area contributed by atoms with Crippen LogP contribution >= 0.6 is 0 Å². The topological polar surface area (TPSA) is 53.2 Å². The highest BCUT2D eigenvalue weighted by atomic mass is 16.1. The first-order chi connectivity index (χ1) is 6.79. The monoisotopic (exact) mass is 199 g/mol. The molecule has 14 heavy (non-hydrogen) atoms. The first-order valence-corrected chi connectivity index (χ1v) is 5.47. The molecule has 1 aliphatic rings. The molecule has 1 saturated heterocycles. The standard InChI is InChI=1S/C10H21N3O/c1-9(14)12-7-6-11-8-10-4-2-3-5-13-10/h10-11,13H,2-8H2,1H3,(H,12,14). The molecule has 0 saturated carbocycles. The van der Waals surface area contributed by atoms with Crippen LogP contribution in [0.25, 0.3) is 0 Å². The number of hydrogen-bond donors (Lipinski definition) is 3. The molecule has 1 amide bonds. The van der Waals surface area contributed by atoms with Gasteiger partial charge in [-0.3, -0.25) is 4.79 Å². The number of hydrogen-bond acceptors (Lipinski definition) is 3. The van der Waals surface area contributed by atoms with Crippen LogP contribution in [0.5, 0.6) is 0 Å². The van der Waals surface area contributed by atoms with Crippen molar-refractivity contribution in [1.82, 2.24) is 16.0 Å². The van der Waals surface area contributed by atoms with Gasteiger partial charge in [0.05, 0.1) is 0 Å². The zero-order valence-corrected chi connectivity index (χ0v) is 8.94. The second-order valence-electron chi connectivity index (χ2n) is 3.83. The average Bonchev–Trinajstić information content (AvgIpc) is 2.18. The van der Waals surface area contributed by atoms with Gasteiger partial charge in [0.2, 0.25) is 5.91 Å².